The fraction of sp³-hybridized carbons (Fsp3) is 0.462. The maximum Gasteiger partial charge on any atom is 0.165 e. The van der Waals surface area contributed by atoms with Crippen molar-refractivity contribution in [1.29, 1.82) is 0 Å². The molecule has 1 aromatic carbocycles. The standard InChI is InChI=1S/C13H17NO4/c15-8-9-6-11(16)13(18)10(12(9)17)7-14-4-2-1-3-5-14/h6,8,16-18H,1-5,7H2. The van der Waals surface area contributed by atoms with Gasteiger partial charge in [-0.25, -0.2) is 0 Å². The van der Waals surface area contributed by atoms with E-state index in [-0.39, 0.29) is 28.4 Å². The van der Waals surface area contributed by atoms with Crippen molar-refractivity contribution in [3.8, 4) is 17.2 Å². The predicted octanol–water partition coefficient (Wildman–Crippen LogP) is 1.60. The fourth-order valence-electron chi connectivity index (χ4n) is 2.31. The first-order valence-corrected chi connectivity index (χ1v) is 6.07. The molecular weight excluding hydrogens is 234 g/mol. The van der Waals surface area contributed by atoms with Gasteiger partial charge in [-0.05, 0) is 32.0 Å². The molecule has 2 rings (SSSR count). The van der Waals surface area contributed by atoms with Gasteiger partial charge in [-0.1, -0.05) is 6.42 Å². The van der Waals surface area contributed by atoms with Crippen LogP contribution in [0.5, 0.6) is 17.2 Å². The van der Waals surface area contributed by atoms with Crippen molar-refractivity contribution in [3.05, 3.63) is 17.2 Å². The molecule has 1 fully saturated rings. The van der Waals surface area contributed by atoms with Gasteiger partial charge in [0.2, 0.25) is 0 Å². The lowest BCUT2D eigenvalue weighted by Gasteiger charge is -2.27. The first kappa shape index (κ1) is 12.7. The summed E-state index contributed by atoms with van der Waals surface area (Å²) in [6.45, 7) is 2.13. The Bertz CT molecular complexity index is 453. The third kappa shape index (κ3) is 2.41. The number of benzene rings is 1. The van der Waals surface area contributed by atoms with Crippen LogP contribution in [0.3, 0.4) is 0 Å². The molecule has 0 aliphatic carbocycles. The van der Waals surface area contributed by atoms with E-state index in [0.29, 0.717) is 12.8 Å². The Morgan fingerprint density at radius 1 is 1.11 bits per heavy atom. The average Bonchev–Trinajstić information content (AvgIpc) is 2.40. The number of rotatable bonds is 3. The molecule has 0 spiro atoms. The van der Waals surface area contributed by atoms with E-state index in [9.17, 15) is 20.1 Å². The number of phenols is 3. The molecule has 0 amide bonds. The Morgan fingerprint density at radius 2 is 1.78 bits per heavy atom. The third-order valence-electron chi connectivity index (χ3n) is 3.34. The molecule has 0 bridgehead atoms. The average molecular weight is 251 g/mol. The number of carbonyl (C=O) groups is 1. The van der Waals surface area contributed by atoms with Crippen molar-refractivity contribution in [2.24, 2.45) is 0 Å². The second kappa shape index (κ2) is 5.27. The quantitative estimate of drug-likeness (QED) is 0.432. The number of nitrogens with zero attached hydrogens (tertiary/aromatic N) is 1. The lowest BCUT2D eigenvalue weighted by molar-refractivity contribution is 0.112. The Morgan fingerprint density at radius 3 is 2.39 bits per heavy atom. The molecule has 0 radical (unpaired) electrons. The van der Waals surface area contributed by atoms with Gasteiger partial charge in [0.1, 0.15) is 5.75 Å². The van der Waals surface area contributed by atoms with Crippen LogP contribution in [0, 0.1) is 0 Å². The maximum absolute atomic E-state index is 10.8. The van der Waals surface area contributed by atoms with Gasteiger partial charge in [-0.2, -0.15) is 0 Å². The van der Waals surface area contributed by atoms with Crippen molar-refractivity contribution in [2.45, 2.75) is 25.8 Å². The molecule has 1 aliphatic rings. The summed E-state index contributed by atoms with van der Waals surface area (Å²) < 4.78 is 0. The number of hydrogen-bond acceptors (Lipinski definition) is 5. The largest absolute Gasteiger partial charge is 0.507 e. The molecule has 0 unspecified atom stereocenters. The molecule has 0 aromatic heterocycles. The number of aldehydes is 1. The minimum atomic E-state index is -0.373. The Labute approximate surface area is 105 Å². The van der Waals surface area contributed by atoms with Crippen LogP contribution in [0.25, 0.3) is 0 Å². The van der Waals surface area contributed by atoms with E-state index >= 15 is 0 Å². The Kier molecular flexibility index (Phi) is 3.72. The smallest absolute Gasteiger partial charge is 0.165 e. The van der Waals surface area contributed by atoms with Gasteiger partial charge in [0.05, 0.1) is 11.1 Å². The number of piperidine rings is 1. The summed E-state index contributed by atoms with van der Waals surface area (Å²) in [5, 5.41) is 29.2. The van der Waals surface area contributed by atoms with Crippen molar-refractivity contribution < 1.29 is 20.1 Å². The monoisotopic (exact) mass is 251 g/mol. The zero-order chi connectivity index (χ0) is 13.1. The maximum atomic E-state index is 10.8. The highest BCUT2D eigenvalue weighted by atomic mass is 16.3. The van der Waals surface area contributed by atoms with Gasteiger partial charge in [0, 0.05) is 6.54 Å². The van der Waals surface area contributed by atoms with E-state index in [4.69, 9.17) is 0 Å². The topological polar surface area (TPSA) is 81.0 Å². The third-order valence-corrected chi connectivity index (χ3v) is 3.34. The minimum absolute atomic E-state index is 0.00249. The lowest BCUT2D eigenvalue weighted by atomic mass is 10.0. The summed E-state index contributed by atoms with van der Waals surface area (Å²) in [6, 6.07) is 1.07. The van der Waals surface area contributed by atoms with E-state index in [1.807, 2.05) is 0 Å². The van der Waals surface area contributed by atoms with Crippen LogP contribution in [0.15, 0.2) is 6.07 Å². The number of likely N-dealkylation sites (tertiary alicyclic amines) is 1. The molecule has 1 heterocycles. The molecule has 98 valence electrons. The van der Waals surface area contributed by atoms with Gasteiger partial charge in [-0.3, -0.25) is 9.69 Å². The second-order valence-corrected chi connectivity index (χ2v) is 4.62. The molecule has 1 aliphatic heterocycles. The van der Waals surface area contributed by atoms with Gasteiger partial charge in [0.15, 0.2) is 17.8 Å². The van der Waals surface area contributed by atoms with Crippen molar-refractivity contribution in [2.75, 3.05) is 13.1 Å². The van der Waals surface area contributed by atoms with E-state index in [1.165, 1.54) is 6.42 Å². The number of carbonyl (C=O) groups excluding carboxylic acids is 1. The molecule has 3 N–H and O–H groups in total. The fourth-order valence-corrected chi connectivity index (χ4v) is 2.31. The highest BCUT2D eigenvalue weighted by molar-refractivity contribution is 5.82. The van der Waals surface area contributed by atoms with Crippen LogP contribution in [0.2, 0.25) is 0 Å². The molecule has 5 nitrogen and oxygen atoms in total. The van der Waals surface area contributed by atoms with Gasteiger partial charge in [0.25, 0.3) is 0 Å². The number of phenolic OH excluding ortho intramolecular Hbond substituents is 3. The van der Waals surface area contributed by atoms with Crippen molar-refractivity contribution in [1.82, 2.24) is 4.90 Å². The Hall–Kier alpha value is -1.75. The van der Waals surface area contributed by atoms with Crippen LogP contribution in [-0.2, 0) is 6.54 Å². The van der Waals surface area contributed by atoms with E-state index in [0.717, 1.165) is 32.0 Å². The molecule has 0 saturated carbocycles. The molecule has 0 atom stereocenters. The summed E-state index contributed by atoms with van der Waals surface area (Å²) in [5.41, 5.74) is 0.219. The molecule has 5 heteroatoms. The molecule has 1 aromatic rings. The molecule has 18 heavy (non-hydrogen) atoms. The van der Waals surface area contributed by atoms with E-state index in [1.54, 1.807) is 0 Å². The highest BCUT2D eigenvalue weighted by Crippen LogP contribution is 2.38. The summed E-state index contributed by atoms with van der Waals surface area (Å²) in [7, 11) is 0. The zero-order valence-corrected chi connectivity index (χ0v) is 10.1. The summed E-state index contributed by atoms with van der Waals surface area (Å²) in [6.07, 6.45) is 3.82. The first-order chi connectivity index (χ1) is 8.63. The summed E-state index contributed by atoms with van der Waals surface area (Å²) >= 11 is 0. The van der Waals surface area contributed by atoms with Gasteiger partial charge >= 0.3 is 0 Å². The van der Waals surface area contributed by atoms with Gasteiger partial charge < -0.3 is 15.3 Å². The molecular formula is C13H17NO4. The highest BCUT2D eigenvalue weighted by Gasteiger charge is 2.20. The number of hydrogen-bond donors (Lipinski definition) is 3. The van der Waals surface area contributed by atoms with E-state index in [2.05, 4.69) is 4.90 Å². The summed E-state index contributed by atoms with van der Waals surface area (Å²) in [5.74, 6) is -0.962. The summed E-state index contributed by atoms with van der Waals surface area (Å²) in [4.78, 5) is 12.9. The first-order valence-electron chi connectivity index (χ1n) is 6.07. The zero-order valence-electron chi connectivity index (χ0n) is 10.1. The second-order valence-electron chi connectivity index (χ2n) is 4.62. The van der Waals surface area contributed by atoms with Crippen molar-refractivity contribution in [3.63, 3.8) is 0 Å². The number of aromatic hydroxyl groups is 3. The van der Waals surface area contributed by atoms with Crippen LogP contribution in [0.4, 0.5) is 0 Å². The van der Waals surface area contributed by atoms with Crippen LogP contribution >= 0.6 is 0 Å². The van der Waals surface area contributed by atoms with Gasteiger partial charge in [-0.15, -0.1) is 0 Å². The SMILES string of the molecule is O=Cc1cc(O)c(O)c(CN2CCCCC2)c1O. The Balaban J connectivity index is 2.30. The minimum Gasteiger partial charge on any atom is -0.507 e. The van der Waals surface area contributed by atoms with Crippen LogP contribution in [-0.4, -0.2) is 39.6 Å². The van der Waals surface area contributed by atoms with Crippen LogP contribution < -0.4 is 0 Å². The van der Waals surface area contributed by atoms with E-state index < -0.39 is 0 Å². The molecule has 1 saturated heterocycles. The normalized spacial score (nSPS) is 16.7. The lowest BCUT2D eigenvalue weighted by Crippen LogP contribution is -2.29. The predicted molar refractivity (Wildman–Crippen MR) is 66.0 cm³/mol. The van der Waals surface area contributed by atoms with Crippen LogP contribution in [0.1, 0.15) is 35.2 Å². The van der Waals surface area contributed by atoms with Crippen molar-refractivity contribution >= 4 is 6.29 Å².